The van der Waals surface area contributed by atoms with Crippen molar-refractivity contribution in [3.63, 3.8) is 0 Å². The van der Waals surface area contributed by atoms with Gasteiger partial charge in [0.15, 0.2) is 0 Å². The van der Waals surface area contributed by atoms with E-state index in [4.69, 9.17) is 11.6 Å². The number of nitrogens with one attached hydrogen (secondary N) is 1. The molecule has 0 spiro atoms. The lowest BCUT2D eigenvalue weighted by Crippen LogP contribution is -2.41. The molecule has 0 unspecified atom stereocenters. The summed E-state index contributed by atoms with van der Waals surface area (Å²) in [4.78, 5) is 14.6. The molecule has 28 heavy (non-hydrogen) atoms. The van der Waals surface area contributed by atoms with Gasteiger partial charge in [-0.1, -0.05) is 41.9 Å². The Labute approximate surface area is 171 Å². The maximum absolute atomic E-state index is 12.3. The molecule has 8 heteroatoms. The van der Waals surface area contributed by atoms with Crippen molar-refractivity contribution in [2.24, 2.45) is 0 Å². The highest BCUT2D eigenvalue weighted by atomic mass is 35.5. The van der Waals surface area contributed by atoms with E-state index in [-0.39, 0.29) is 17.5 Å². The largest absolute Gasteiger partial charge is 0.371 e. The number of sulfonamides is 1. The minimum Gasteiger partial charge on any atom is -0.371 e. The minimum atomic E-state index is -3.63. The van der Waals surface area contributed by atoms with Crippen LogP contribution in [-0.4, -0.2) is 46.8 Å². The Bertz CT molecular complexity index is 949. The van der Waals surface area contributed by atoms with Crippen LogP contribution in [0.2, 0.25) is 5.02 Å². The van der Waals surface area contributed by atoms with Crippen LogP contribution in [0.3, 0.4) is 0 Å². The molecule has 0 saturated heterocycles. The smallest absolute Gasteiger partial charge is 0.240 e. The number of anilines is 2. The van der Waals surface area contributed by atoms with E-state index in [9.17, 15) is 13.2 Å². The summed E-state index contributed by atoms with van der Waals surface area (Å²) in [7, 11) is -3.63. The third-order valence-corrected chi connectivity index (χ3v) is 6.17. The lowest BCUT2D eigenvalue weighted by atomic mass is 10.2. The van der Waals surface area contributed by atoms with E-state index >= 15 is 0 Å². The quantitative estimate of drug-likeness (QED) is 0.665. The number of benzene rings is 2. The zero-order valence-electron chi connectivity index (χ0n) is 15.8. The van der Waals surface area contributed by atoms with Gasteiger partial charge in [-0.05, 0) is 36.6 Å². The fourth-order valence-electron chi connectivity index (χ4n) is 3.36. The van der Waals surface area contributed by atoms with Crippen LogP contribution in [-0.2, 0) is 21.2 Å². The number of rotatable bonds is 8. The molecule has 150 valence electrons. The van der Waals surface area contributed by atoms with Crippen molar-refractivity contribution < 1.29 is 13.2 Å². The van der Waals surface area contributed by atoms with Crippen molar-refractivity contribution in [1.82, 2.24) is 5.32 Å². The molecule has 0 bridgehead atoms. The number of halogens is 1. The van der Waals surface area contributed by atoms with Crippen LogP contribution in [0, 0.1) is 0 Å². The van der Waals surface area contributed by atoms with E-state index in [0.29, 0.717) is 12.2 Å². The number of fused-ring (bicyclic) bond motifs is 1. The predicted octanol–water partition coefficient (Wildman–Crippen LogP) is 2.68. The van der Waals surface area contributed by atoms with Crippen molar-refractivity contribution >= 4 is 38.9 Å². The molecule has 1 heterocycles. The van der Waals surface area contributed by atoms with Crippen molar-refractivity contribution in [3.05, 3.63) is 59.1 Å². The summed E-state index contributed by atoms with van der Waals surface area (Å²) in [6.45, 7) is 2.02. The molecule has 2 aromatic carbocycles. The summed E-state index contributed by atoms with van der Waals surface area (Å²) in [6.07, 6.45) is 2.89. The van der Waals surface area contributed by atoms with Crippen LogP contribution in [0.1, 0.15) is 12.0 Å². The van der Waals surface area contributed by atoms with Gasteiger partial charge in [0.1, 0.15) is 6.54 Å². The zero-order valence-corrected chi connectivity index (χ0v) is 17.3. The van der Waals surface area contributed by atoms with Crippen LogP contribution in [0.15, 0.2) is 48.5 Å². The van der Waals surface area contributed by atoms with E-state index in [1.54, 1.807) is 24.3 Å². The van der Waals surface area contributed by atoms with Gasteiger partial charge in [0.05, 0.1) is 17.0 Å². The molecule has 1 amide bonds. The number of carbonyl (C=O) groups excluding carboxylic acids is 1. The highest BCUT2D eigenvalue weighted by Crippen LogP contribution is 2.28. The summed E-state index contributed by atoms with van der Waals surface area (Å²) in [5.74, 6) is -0.354. The molecule has 2 aromatic rings. The first-order chi connectivity index (χ1) is 13.4. The molecule has 0 aliphatic carbocycles. The van der Waals surface area contributed by atoms with Crippen LogP contribution < -0.4 is 14.5 Å². The monoisotopic (exact) mass is 421 g/mol. The van der Waals surface area contributed by atoms with E-state index < -0.39 is 10.0 Å². The minimum absolute atomic E-state index is 0.286. The lowest BCUT2D eigenvalue weighted by Gasteiger charge is -2.23. The standard InChI is InChI=1S/C20H24ClN3O3S/c1-28(26,27)24(19-10-5-3-8-17(19)21)15-20(25)22-12-6-13-23-14-11-16-7-2-4-9-18(16)23/h2-5,7-10H,6,11-15H2,1H3,(H,22,25). The number of amides is 1. The third kappa shape index (κ3) is 4.97. The van der Waals surface area contributed by atoms with Crippen LogP contribution in [0.5, 0.6) is 0 Å². The first-order valence-electron chi connectivity index (χ1n) is 9.18. The van der Waals surface area contributed by atoms with Crippen molar-refractivity contribution in [2.45, 2.75) is 12.8 Å². The Morgan fingerprint density at radius 2 is 1.89 bits per heavy atom. The molecule has 1 N–H and O–H groups in total. The number of carbonyl (C=O) groups is 1. The van der Waals surface area contributed by atoms with Gasteiger partial charge in [-0.15, -0.1) is 0 Å². The SMILES string of the molecule is CS(=O)(=O)N(CC(=O)NCCCN1CCc2ccccc21)c1ccccc1Cl. The summed E-state index contributed by atoms with van der Waals surface area (Å²) >= 11 is 6.11. The normalized spacial score (nSPS) is 13.3. The van der Waals surface area contributed by atoms with Crippen LogP contribution in [0.4, 0.5) is 11.4 Å². The second-order valence-corrected chi connectivity index (χ2v) is 9.10. The summed E-state index contributed by atoms with van der Waals surface area (Å²) in [6, 6.07) is 14.9. The Morgan fingerprint density at radius 3 is 2.64 bits per heavy atom. The molecule has 1 aliphatic heterocycles. The Hall–Kier alpha value is -2.25. The van der Waals surface area contributed by atoms with Gasteiger partial charge in [-0.25, -0.2) is 8.42 Å². The summed E-state index contributed by atoms with van der Waals surface area (Å²) in [5, 5.41) is 3.09. The number of para-hydroxylation sites is 2. The van der Waals surface area contributed by atoms with Gasteiger partial charge in [-0.3, -0.25) is 9.10 Å². The van der Waals surface area contributed by atoms with Crippen molar-refractivity contribution in [2.75, 3.05) is 41.6 Å². The van der Waals surface area contributed by atoms with E-state index in [0.717, 1.165) is 36.5 Å². The molecular formula is C20H24ClN3O3S. The highest BCUT2D eigenvalue weighted by molar-refractivity contribution is 7.92. The molecule has 0 atom stereocenters. The maximum Gasteiger partial charge on any atom is 0.240 e. The first kappa shape index (κ1) is 20.5. The van der Waals surface area contributed by atoms with Crippen LogP contribution in [0.25, 0.3) is 0 Å². The Balaban J connectivity index is 1.51. The molecule has 0 radical (unpaired) electrons. The number of hydrogen-bond acceptors (Lipinski definition) is 4. The Kier molecular flexibility index (Phi) is 6.46. The second kappa shape index (κ2) is 8.84. The third-order valence-electron chi connectivity index (χ3n) is 4.72. The second-order valence-electron chi connectivity index (χ2n) is 6.79. The molecule has 0 fully saturated rings. The van der Waals surface area contributed by atoms with E-state index in [2.05, 4.69) is 28.4 Å². The van der Waals surface area contributed by atoms with Gasteiger partial charge in [0, 0.05) is 25.3 Å². The number of hydrogen-bond donors (Lipinski definition) is 1. The fraction of sp³-hybridized carbons (Fsp3) is 0.350. The summed E-state index contributed by atoms with van der Waals surface area (Å²) < 4.78 is 25.3. The van der Waals surface area contributed by atoms with E-state index in [1.807, 2.05) is 6.07 Å². The van der Waals surface area contributed by atoms with Gasteiger partial charge >= 0.3 is 0 Å². The molecule has 6 nitrogen and oxygen atoms in total. The van der Waals surface area contributed by atoms with Crippen molar-refractivity contribution in [3.8, 4) is 0 Å². The number of nitrogens with zero attached hydrogens (tertiary/aromatic N) is 2. The van der Waals surface area contributed by atoms with Gasteiger partial charge in [0.25, 0.3) is 0 Å². The highest BCUT2D eigenvalue weighted by Gasteiger charge is 2.23. The summed E-state index contributed by atoms with van der Waals surface area (Å²) in [5.41, 5.74) is 2.92. The topological polar surface area (TPSA) is 69.7 Å². The average Bonchev–Trinajstić information content (AvgIpc) is 3.06. The van der Waals surface area contributed by atoms with Gasteiger partial charge in [0.2, 0.25) is 15.9 Å². The fourth-order valence-corrected chi connectivity index (χ4v) is 4.51. The molecular weight excluding hydrogens is 398 g/mol. The van der Waals surface area contributed by atoms with E-state index in [1.165, 1.54) is 11.3 Å². The van der Waals surface area contributed by atoms with Gasteiger partial charge in [-0.2, -0.15) is 0 Å². The maximum atomic E-state index is 12.3. The molecule has 1 aliphatic rings. The van der Waals surface area contributed by atoms with Crippen molar-refractivity contribution in [1.29, 1.82) is 0 Å². The average molecular weight is 422 g/mol. The Morgan fingerprint density at radius 1 is 1.18 bits per heavy atom. The first-order valence-corrected chi connectivity index (χ1v) is 11.4. The lowest BCUT2D eigenvalue weighted by molar-refractivity contribution is -0.119. The molecule has 0 aromatic heterocycles. The van der Waals surface area contributed by atoms with Crippen LogP contribution >= 0.6 is 11.6 Å². The molecule has 3 rings (SSSR count). The molecule has 0 saturated carbocycles. The zero-order chi connectivity index (χ0) is 20.1. The van der Waals surface area contributed by atoms with Gasteiger partial charge < -0.3 is 10.2 Å². The predicted molar refractivity (Wildman–Crippen MR) is 114 cm³/mol.